The van der Waals surface area contributed by atoms with Crippen molar-refractivity contribution >= 4 is 11.9 Å². The van der Waals surface area contributed by atoms with Gasteiger partial charge in [-0.15, -0.1) is 0 Å². The smallest absolute Gasteiger partial charge is 0.335 e. The van der Waals surface area contributed by atoms with Gasteiger partial charge in [0.15, 0.2) is 12.2 Å². The van der Waals surface area contributed by atoms with Gasteiger partial charge in [0, 0.05) is 6.42 Å². The topological polar surface area (TPSA) is 104 Å². The van der Waals surface area contributed by atoms with E-state index < -0.39 is 30.3 Å². The predicted octanol–water partition coefficient (Wildman–Crippen LogP) is -1.33. The molecule has 0 aromatic heterocycles. The minimum atomic E-state index is -1.41. The van der Waals surface area contributed by atoms with E-state index in [1.54, 1.807) is 0 Å². The highest BCUT2D eigenvalue weighted by Crippen LogP contribution is 2.20. The Morgan fingerprint density at radius 2 is 1.83 bits per heavy atom. The van der Waals surface area contributed by atoms with Gasteiger partial charge in [-0.2, -0.15) is 0 Å². The van der Waals surface area contributed by atoms with Crippen LogP contribution in [0.2, 0.25) is 0 Å². The third-order valence-electron chi connectivity index (χ3n) is 1.63. The molecule has 0 saturated carbocycles. The van der Waals surface area contributed by atoms with E-state index in [4.69, 9.17) is 15.3 Å². The van der Waals surface area contributed by atoms with Gasteiger partial charge in [-0.3, -0.25) is 0 Å². The molecule has 0 aromatic rings. The molecule has 0 spiro atoms. The minimum Gasteiger partial charge on any atom is -0.479 e. The lowest BCUT2D eigenvalue weighted by atomic mass is 10.1. The Labute approximate surface area is 67.4 Å². The van der Waals surface area contributed by atoms with Crippen LogP contribution in [-0.4, -0.2) is 45.6 Å². The van der Waals surface area contributed by atoms with Crippen LogP contribution in [0.1, 0.15) is 6.42 Å². The molecule has 0 bridgehead atoms. The fourth-order valence-corrected chi connectivity index (χ4v) is 1.05. The first-order valence-electron chi connectivity index (χ1n) is 3.31. The molecule has 3 atom stereocenters. The van der Waals surface area contributed by atoms with Gasteiger partial charge in [0.25, 0.3) is 0 Å². The van der Waals surface area contributed by atoms with E-state index in [1.165, 1.54) is 0 Å². The summed E-state index contributed by atoms with van der Waals surface area (Å²) in [5.74, 6) is -2.59. The highest BCUT2D eigenvalue weighted by molar-refractivity contribution is 5.77. The lowest BCUT2D eigenvalue weighted by Crippen LogP contribution is -2.30. The Kier molecular flexibility index (Phi) is 2.30. The third-order valence-corrected chi connectivity index (χ3v) is 1.63. The Morgan fingerprint density at radius 3 is 2.08 bits per heavy atom. The molecular formula is C6H8O6. The molecule has 12 heavy (non-hydrogen) atoms. The SMILES string of the molecule is O=C(O)C1C[C@@H](O)C(C(=O)O)O1. The largest absolute Gasteiger partial charge is 0.479 e. The Hall–Kier alpha value is -1.14. The molecule has 0 radical (unpaired) electrons. The molecule has 0 aromatic carbocycles. The Morgan fingerprint density at radius 1 is 1.25 bits per heavy atom. The first kappa shape index (κ1) is 8.95. The molecule has 1 aliphatic heterocycles. The van der Waals surface area contributed by atoms with Crippen molar-refractivity contribution in [2.75, 3.05) is 0 Å². The Balaban J connectivity index is 2.62. The maximum absolute atomic E-state index is 10.3. The number of aliphatic hydroxyl groups is 1. The molecular weight excluding hydrogens is 168 g/mol. The number of hydrogen-bond donors (Lipinski definition) is 3. The minimum absolute atomic E-state index is 0.174. The number of carboxylic acids is 2. The zero-order valence-corrected chi connectivity index (χ0v) is 6.01. The van der Waals surface area contributed by atoms with E-state index in [-0.39, 0.29) is 6.42 Å². The lowest BCUT2D eigenvalue weighted by molar-refractivity contribution is -0.159. The first-order chi connectivity index (χ1) is 5.52. The molecule has 1 aliphatic rings. The first-order valence-corrected chi connectivity index (χ1v) is 3.31. The van der Waals surface area contributed by atoms with Gasteiger partial charge < -0.3 is 20.1 Å². The number of aliphatic hydroxyl groups excluding tert-OH is 1. The predicted molar refractivity (Wildman–Crippen MR) is 34.6 cm³/mol. The van der Waals surface area contributed by atoms with E-state index in [2.05, 4.69) is 4.74 Å². The summed E-state index contributed by atoms with van der Waals surface area (Å²) in [6.07, 6.45) is -4.03. The highest BCUT2D eigenvalue weighted by atomic mass is 16.6. The molecule has 1 heterocycles. The van der Waals surface area contributed by atoms with Crippen LogP contribution in [0.4, 0.5) is 0 Å². The standard InChI is InChI=1S/C6H8O6/c7-2-1-3(5(8)9)12-4(2)6(10)11/h2-4,7H,1H2,(H,8,9)(H,10,11)/t2-,3?,4?/m1/s1. The van der Waals surface area contributed by atoms with Crippen molar-refractivity contribution < 1.29 is 29.6 Å². The van der Waals surface area contributed by atoms with Crippen LogP contribution in [-0.2, 0) is 14.3 Å². The highest BCUT2D eigenvalue weighted by Gasteiger charge is 2.41. The van der Waals surface area contributed by atoms with Gasteiger partial charge in [0.2, 0.25) is 0 Å². The fraction of sp³-hybridized carbons (Fsp3) is 0.667. The molecule has 0 aliphatic carbocycles. The lowest BCUT2D eigenvalue weighted by Gasteiger charge is -2.06. The summed E-state index contributed by atoms with van der Waals surface area (Å²) in [5, 5.41) is 25.8. The molecule has 0 amide bonds. The van der Waals surface area contributed by atoms with Gasteiger partial charge in [-0.05, 0) is 0 Å². The average Bonchev–Trinajstić information content (AvgIpc) is 2.30. The van der Waals surface area contributed by atoms with Crippen molar-refractivity contribution in [3.63, 3.8) is 0 Å². The second-order valence-corrected chi connectivity index (χ2v) is 2.52. The zero-order chi connectivity index (χ0) is 9.30. The molecule has 3 N–H and O–H groups in total. The summed E-state index contributed by atoms with van der Waals surface area (Å²) in [5.41, 5.74) is 0. The van der Waals surface area contributed by atoms with Gasteiger partial charge in [0.1, 0.15) is 0 Å². The van der Waals surface area contributed by atoms with Gasteiger partial charge in [-0.25, -0.2) is 9.59 Å². The average molecular weight is 176 g/mol. The van der Waals surface area contributed by atoms with Crippen molar-refractivity contribution in [1.29, 1.82) is 0 Å². The van der Waals surface area contributed by atoms with Crippen LogP contribution in [0.3, 0.4) is 0 Å². The summed E-state index contributed by atoms with van der Waals surface area (Å²) >= 11 is 0. The number of carboxylic acid groups (broad SMARTS) is 2. The quantitative estimate of drug-likeness (QED) is 0.481. The van der Waals surface area contributed by atoms with Crippen LogP contribution < -0.4 is 0 Å². The fourth-order valence-electron chi connectivity index (χ4n) is 1.05. The van der Waals surface area contributed by atoms with Gasteiger partial charge in [-0.1, -0.05) is 0 Å². The van der Waals surface area contributed by atoms with Crippen LogP contribution >= 0.6 is 0 Å². The third kappa shape index (κ3) is 1.54. The molecule has 68 valence electrons. The van der Waals surface area contributed by atoms with Crippen LogP contribution in [0.15, 0.2) is 0 Å². The normalized spacial score (nSPS) is 34.9. The monoisotopic (exact) mass is 176 g/mol. The van der Waals surface area contributed by atoms with Crippen molar-refractivity contribution in [3.05, 3.63) is 0 Å². The molecule has 1 saturated heterocycles. The van der Waals surface area contributed by atoms with Crippen LogP contribution in [0.25, 0.3) is 0 Å². The molecule has 1 fully saturated rings. The van der Waals surface area contributed by atoms with E-state index in [0.29, 0.717) is 0 Å². The van der Waals surface area contributed by atoms with Crippen LogP contribution in [0, 0.1) is 0 Å². The zero-order valence-electron chi connectivity index (χ0n) is 6.01. The maximum atomic E-state index is 10.3. The number of ether oxygens (including phenoxy) is 1. The maximum Gasteiger partial charge on any atom is 0.335 e. The summed E-state index contributed by atoms with van der Waals surface area (Å²) in [4.78, 5) is 20.6. The second kappa shape index (κ2) is 3.08. The van der Waals surface area contributed by atoms with E-state index >= 15 is 0 Å². The molecule has 2 unspecified atom stereocenters. The molecule has 1 rings (SSSR count). The van der Waals surface area contributed by atoms with E-state index in [0.717, 1.165) is 0 Å². The van der Waals surface area contributed by atoms with E-state index in [1.807, 2.05) is 0 Å². The van der Waals surface area contributed by atoms with Gasteiger partial charge in [0.05, 0.1) is 6.10 Å². The molecule has 6 nitrogen and oxygen atoms in total. The summed E-state index contributed by atoms with van der Waals surface area (Å²) in [7, 11) is 0. The van der Waals surface area contributed by atoms with E-state index in [9.17, 15) is 9.59 Å². The molecule has 6 heteroatoms. The summed E-state index contributed by atoms with van der Waals surface area (Å²) < 4.78 is 4.55. The van der Waals surface area contributed by atoms with Gasteiger partial charge >= 0.3 is 11.9 Å². The van der Waals surface area contributed by atoms with Crippen molar-refractivity contribution in [1.82, 2.24) is 0 Å². The van der Waals surface area contributed by atoms with Crippen molar-refractivity contribution in [2.24, 2.45) is 0 Å². The summed E-state index contributed by atoms with van der Waals surface area (Å²) in [6, 6.07) is 0. The van der Waals surface area contributed by atoms with Crippen molar-refractivity contribution in [3.8, 4) is 0 Å². The number of hydrogen-bond acceptors (Lipinski definition) is 4. The van der Waals surface area contributed by atoms with Crippen molar-refractivity contribution in [2.45, 2.75) is 24.7 Å². The number of rotatable bonds is 2. The number of carbonyl (C=O) groups is 2. The Bertz CT molecular complexity index is 212. The second-order valence-electron chi connectivity index (χ2n) is 2.52. The van der Waals surface area contributed by atoms with Crippen LogP contribution in [0.5, 0.6) is 0 Å². The number of aliphatic carboxylic acids is 2. The summed E-state index contributed by atoms with van der Waals surface area (Å²) in [6.45, 7) is 0.